The Kier molecular flexibility index (Phi) is 2.63. The Labute approximate surface area is 87.5 Å². The van der Waals surface area contributed by atoms with E-state index < -0.39 is 12.2 Å². The SMILES string of the molecule is OC1CN(c2ccc(Cl)cc2)C[C@@H]1O. The molecule has 76 valence electrons. The fourth-order valence-corrected chi connectivity index (χ4v) is 1.76. The van der Waals surface area contributed by atoms with Gasteiger partial charge in [0.1, 0.15) is 0 Å². The molecule has 1 aromatic rings. The number of benzene rings is 1. The van der Waals surface area contributed by atoms with Crippen molar-refractivity contribution < 1.29 is 10.2 Å². The van der Waals surface area contributed by atoms with Crippen molar-refractivity contribution in [2.45, 2.75) is 12.2 Å². The maximum absolute atomic E-state index is 9.37. The molecule has 2 rings (SSSR count). The Hall–Kier alpha value is -0.770. The van der Waals surface area contributed by atoms with Gasteiger partial charge in [-0.25, -0.2) is 0 Å². The number of hydrogen-bond donors (Lipinski definition) is 2. The van der Waals surface area contributed by atoms with Gasteiger partial charge < -0.3 is 15.1 Å². The molecule has 1 fully saturated rings. The molecule has 1 saturated heterocycles. The molecule has 2 N–H and O–H groups in total. The van der Waals surface area contributed by atoms with Crippen LogP contribution in [0.25, 0.3) is 0 Å². The molecule has 0 saturated carbocycles. The van der Waals surface area contributed by atoms with Crippen LogP contribution >= 0.6 is 11.6 Å². The number of hydrogen-bond acceptors (Lipinski definition) is 3. The molecule has 0 spiro atoms. The van der Waals surface area contributed by atoms with Gasteiger partial charge in [0.05, 0.1) is 12.2 Å². The molecule has 0 bridgehead atoms. The fraction of sp³-hybridized carbons (Fsp3) is 0.400. The van der Waals surface area contributed by atoms with Crippen LogP contribution in [-0.4, -0.2) is 35.5 Å². The third-order valence-electron chi connectivity index (χ3n) is 2.45. The normalized spacial score (nSPS) is 26.9. The molecule has 0 amide bonds. The van der Waals surface area contributed by atoms with Gasteiger partial charge in [-0.1, -0.05) is 11.6 Å². The Balaban J connectivity index is 2.13. The first-order valence-electron chi connectivity index (χ1n) is 4.53. The fourth-order valence-electron chi connectivity index (χ4n) is 1.63. The van der Waals surface area contributed by atoms with Crippen LogP contribution in [0.1, 0.15) is 0 Å². The molecular weight excluding hydrogens is 202 g/mol. The van der Waals surface area contributed by atoms with E-state index in [4.69, 9.17) is 11.6 Å². The van der Waals surface area contributed by atoms with Crippen molar-refractivity contribution in [3.05, 3.63) is 29.3 Å². The predicted molar refractivity (Wildman–Crippen MR) is 55.7 cm³/mol. The van der Waals surface area contributed by atoms with Gasteiger partial charge in [-0.3, -0.25) is 0 Å². The molecule has 2 atom stereocenters. The van der Waals surface area contributed by atoms with Crippen LogP contribution in [0.3, 0.4) is 0 Å². The van der Waals surface area contributed by atoms with E-state index in [1.807, 2.05) is 17.0 Å². The summed E-state index contributed by atoms with van der Waals surface area (Å²) in [7, 11) is 0. The van der Waals surface area contributed by atoms with Crippen molar-refractivity contribution in [1.82, 2.24) is 0 Å². The molecule has 4 heteroatoms. The summed E-state index contributed by atoms with van der Waals surface area (Å²) < 4.78 is 0. The first-order chi connectivity index (χ1) is 6.66. The van der Waals surface area contributed by atoms with E-state index in [-0.39, 0.29) is 0 Å². The molecule has 1 unspecified atom stereocenters. The first-order valence-corrected chi connectivity index (χ1v) is 4.91. The third kappa shape index (κ3) is 1.85. The minimum absolute atomic E-state index is 0.475. The highest BCUT2D eigenvalue weighted by atomic mass is 35.5. The van der Waals surface area contributed by atoms with Gasteiger partial charge in [-0.2, -0.15) is 0 Å². The lowest BCUT2D eigenvalue weighted by molar-refractivity contribution is 0.0572. The number of aliphatic hydroxyl groups excluding tert-OH is 2. The second kappa shape index (κ2) is 3.77. The molecule has 1 heterocycles. The van der Waals surface area contributed by atoms with E-state index in [1.165, 1.54) is 0 Å². The van der Waals surface area contributed by atoms with Gasteiger partial charge in [0.15, 0.2) is 0 Å². The van der Waals surface area contributed by atoms with Gasteiger partial charge >= 0.3 is 0 Å². The molecule has 0 aromatic heterocycles. The number of aliphatic hydroxyl groups is 2. The zero-order valence-corrected chi connectivity index (χ0v) is 8.35. The van der Waals surface area contributed by atoms with Crippen molar-refractivity contribution in [3.63, 3.8) is 0 Å². The van der Waals surface area contributed by atoms with Gasteiger partial charge in [0.25, 0.3) is 0 Å². The Morgan fingerprint density at radius 3 is 2.07 bits per heavy atom. The number of anilines is 1. The maximum Gasteiger partial charge on any atom is 0.0990 e. The molecular formula is C10H12ClNO2. The van der Waals surface area contributed by atoms with Crippen LogP contribution in [0, 0.1) is 0 Å². The summed E-state index contributed by atoms with van der Waals surface area (Å²) in [5, 5.41) is 19.4. The van der Waals surface area contributed by atoms with Crippen LogP contribution in [0.15, 0.2) is 24.3 Å². The monoisotopic (exact) mass is 213 g/mol. The van der Waals surface area contributed by atoms with Crippen LogP contribution in [0.4, 0.5) is 5.69 Å². The lowest BCUT2D eigenvalue weighted by Crippen LogP contribution is -2.22. The zero-order chi connectivity index (χ0) is 10.1. The number of β-amino-alcohol motifs (C(OH)–C–C–N with tert-alkyl or cyclic N) is 2. The highest BCUT2D eigenvalue weighted by Gasteiger charge is 2.29. The van der Waals surface area contributed by atoms with E-state index in [0.29, 0.717) is 18.1 Å². The van der Waals surface area contributed by atoms with Gasteiger partial charge in [-0.05, 0) is 24.3 Å². The minimum Gasteiger partial charge on any atom is -0.389 e. The molecule has 1 aliphatic heterocycles. The van der Waals surface area contributed by atoms with E-state index in [2.05, 4.69) is 0 Å². The minimum atomic E-state index is -0.648. The summed E-state index contributed by atoms with van der Waals surface area (Å²) in [6, 6.07) is 7.36. The highest BCUT2D eigenvalue weighted by Crippen LogP contribution is 2.22. The Bertz CT molecular complexity index is 304. The zero-order valence-electron chi connectivity index (χ0n) is 7.60. The van der Waals surface area contributed by atoms with Crippen LogP contribution in [0.2, 0.25) is 5.02 Å². The van der Waals surface area contributed by atoms with Crippen molar-refractivity contribution in [2.75, 3.05) is 18.0 Å². The lowest BCUT2D eigenvalue weighted by atomic mass is 10.3. The van der Waals surface area contributed by atoms with Crippen molar-refractivity contribution in [3.8, 4) is 0 Å². The largest absolute Gasteiger partial charge is 0.389 e. The van der Waals surface area contributed by atoms with Gasteiger partial charge in [0.2, 0.25) is 0 Å². The van der Waals surface area contributed by atoms with E-state index >= 15 is 0 Å². The van der Waals surface area contributed by atoms with Gasteiger partial charge in [0, 0.05) is 23.8 Å². The van der Waals surface area contributed by atoms with Crippen molar-refractivity contribution in [1.29, 1.82) is 0 Å². The van der Waals surface area contributed by atoms with E-state index in [1.54, 1.807) is 12.1 Å². The summed E-state index contributed by atoms with van der Waals surface area (Å²) in [4.78, 5) is 1.94. The number of rotatable bonds is 1. The van der Waals surface area contributed by atoms with E-state index in [0.717, 1.165) is 5.69 Å². The van der Waals surface area contributed by atoms with E-state index in [9.17, 15) is 10.2 Å². The molecule has 1 aliphatic rings. The quantitative estimate of drug-likeness (QED) is 0.728. The predicted octanol–water partition coefficient (Wildman–Crippen LogP) is 0.882. The second-order valence-corrected chi connectivity index (χ2v) is 3.95. The summed E-state index contributed by atoms with van der Waals surface area (Å²) in [6.45, 7) is 0.950. The van der Waals surface area contributed by atoms with Crippen LogP contribution < -0.4 is 4.90 Å². The molecule has 0 aliphatic carbocycles. The molecule has 3 nitrogen and oxygen atoms in total. The summed E-state index contributed by atoms with van der Waals surface area (Å²) >= 11 is 5.76. The maximum atomic E-state index is 9.37. The topological polar surface area (TPSA) is 43.7 Å². The average molecular weight is 214 g/mol. The van der Waals surface area contributed by atoms with Gasteiger partial charge in [-0.15, -0.1) is 0 Å². The smallest absolute Gasteiger partial charge is 0.0990 e. The van der Waals surface area contributed by atoms with Crippen molar-refractivity contribution >= 4 is 17.3 Å². The standard InChI is InChI=1S/C10H12ClNO2/c11-7-1-3-8(4-2-7)12-5-9(13)10(14)6-12/h1-4,9-10,13-14H,5-6H2/t9-,10?/m0/s1. The average Bonchev–Trinajstić information content (AvgIpc) is 2.48. The highest BCUT2D eigenvalue weighted by molar-refractivity contribution is 6.30. The third-order valence-corrected chi connectivity index (χ3v) is 2.70. The van der Waals surface area contributed by atoms with Crippen LogP contribution in [-0.2, 0) is 0 Å². The summed E-state index contributed by atoms with van der Waals surface area (Å²) in [6.07, 6.45) is -1.30. The summed E-state index contributed by atoms with van der Waals surface area (Å²) in [5.41, 5.74) is 0.977. The molecule has 0 radical (unpaired) electrons. The number of halogens is 1. The Morgan fingerprint density at radius 1 is 1.07 bits per heavy atom. The Morgan fingerprint density at radius 2 is 1.57 bits per heavy atom. The molecule has 1 aromatic carbocycles. The second-order valence-electron chi connectivity index (χ2n) is 3.52. The van der Waals surface area contributed by atoms with Crippen molar-refractivity contribution in [2.24, 2.45) is 0 Å². The summed E-state index contributed by atoms with van der Waals surface area (Å²) in [5.74, 6) is 0. The first kappa shape index (κ1) is 9.77. The molecule has 14 heavy (non-hydrogen) atoms. The lowest BCUT2D eigenvalue weighted by Gasteiger charge is -2.17. The number of nitrogens with zero attached hydrogens (tertiary/aromatic N) is 1. The van der Waals surface area contributed by atoms with Crippen LogP contribution in [0.5, 0.6) is 0 Å².